The molecule has 2 heterocycles. The highest BCUT2D eigenvalue weighted by molar-refractivity contribution is 8.01. The summed E-state index contributed by atoms with van der Waals surface area (Å²) in [5, 5.41) is 11.7. The van der Waals surface area contributed by atoms with E-state index in [2.05, 4.69) is 9.97 Å². The Hall–Kier alpha value is -2.32. The lowest BCUT2D eigenvalue weighted by molar-refractivity contribution is -0.387. The highest BCUT2D eigenvalue weighted by Crippen LogP contribution is 2.40. The average molecular weight is 331 g/mol. The fraction of sp³-hybridized carbons (Fsp3) is 0.0714. The molecule has 110 valence electrons. The summed E-state index contributed by atoms with van der Waals surface area (Å²) < 4.78 is 0.506. The van der Waals surface area contributed by atoms with Gasteiger partial charge in [-0.3, -0.25) is 15.1 Å². The molecule has 0 aliphatic carbocycles. The quantitative estimate of drug-likeness (QED) is 0.404. The van der Waals surface area contributed by atoms with Crippen molar-refractivity contribution < 1.29 is 9.72 Å². The molecule has 1 aromatic carbocycles. The third kappa shape index (κ3) is 2.97. The first-order valence-electron chi connectivity index (χ1n) is 6.28. The van der Waals surface area contributed by atoms with Crippen LogP contribution in [0.1, 0.15) is 4.88 Å². The van der Waals surface area contributed by atoms with Gasteiger partial charge in [0.1, 0.15) is 15.5 Å². The third-order valence-electron chi connectivity index (χ3n) is 2.84. The maximum absolute atomic E-state index is 11.1. The average Bonchev–Trinajstić information content (AvgIpc) is 2.90. The zero-order valence-electron chi connectivity index (χ0n) is 11.1. The fourth-order valence-electron chi connectivity index (χ4n) is 1.88. The van der Waals surface area contributed by atoms with Crippen molar-refractivity contribution in [3.8, 4) is 0 Å². The summed E-state index contributed by atoms with van der Waals surface area (Å²) in [6.45, 7) is 0. The lowest BCUT2D eigenvalue weighted by atomic mass is 10.3. The van der Waals surface area contributed by atoms with Crippen LogP contribution in [0.2, 0.25) is 0 Å². The number of rotatable bonds is 5. The van der Waals surface area contributed by atoms with Gasteiger partial charge in [-0.1, -0.05) is 23.9 Å². The predicted octanol–water partition coefficient (Wildman–Crippen LogP) is 3.49. The lowest BCUT2D eigenvalue weighted by Gasteiger charge is -2.00. The molecule has 3 rings (SSSR count). The van der Waals surface area contributed by atoms with E-state index in [-0.39, 0.29) is 12.1 Å². The van der Waals surface area contributed by atoms with Crippen molar-refractivity contribution >= 4 is 46.1 Å². The number of hydrogen-bond donors (Lipinski definition) is 0. The van der Waals surface area contributed by atoms with E-state index in [4.69, 9.17) is 0 Å². The molecule has 0 spiro atoms. The maximum Gasteiger partial charge on any atom is 0.294 e. The molecule has 0 atom stereocenters. The molecule has 3 aromatic rings. The molecule has 0 bridgehead atoms. The monoisotopic (exact) mass is 331 g/mol. The zero-order valence-corrected chi connectivity index (χ0v) is 12.8. The van der Waals surface area contributed by atoms with Gasteiger partial charge >= 0.3 is 0 Å². The molecule has 0 N–H and O–H groups in total. The number of para-hydroxylation sites is 2. The molecule has 0 saturated carbocycles. The van der Waals surface area contributed by atoms with Gasteiger partial charge in [0.15, 0.2) is 0 Å². The third-order valence-corrected chi connectivity index (χ3v) is 5.08. The molecule has 2 aromatic heterocycles. The van der Waals surface area contributed by atoms with Gasteiger partial charge in [-0.15, -0.1) is 11.3 Å². The van der Waals surface area contributed by atoms with Crippen molar-refractivity contribution in [2.45, 2.75) is 15.7 Å². The molecule has 0 fully saturated rings. The van der Waals surface area contributed by atoms with Gasteiger partial charge in [0, 0.05) is 17.4 Å². The summed E-state index contributed by atoms with van der Waals surface area (Å²) in [5.41, 5.74) is 1.51. The van der Waals surface area contributed by atoms with Crippen LogP contribution < -0.4 is 0 Å². The van der Waals surface area contributed by atoms with Crippen molar-refractivity contribution in [3.05, 3.63) is 51.5 Å². The molecule has 8 heteroatoms. The van der Waals surface area contributed by atoms with Crippen LogP contribution in [0.4, 0.5) is 5.69 Å². The molecule has 0 aliphatic heterocycles. The smallest absolute Gasteiger partial charge is 0.294 e. The van der Waals surface area contributed by atoms with Crippen molar-refractivity contribution in [2.75, 3.05) is 0 Å². The molecule has 0 radical (unpaired) electrons. The Morgan fingerprint density at radius 1 is 1.32 bits per heavy atom. The minimum absolute atomic E-state index is 0.00167. The molecule has 0 saturated heterocycles. The van der Waals surface area contributed by atoms with E-state index in [0.29, 0.717) is 14.1 Å². The van der Waals surface area contributed by atoms with Gasteiger partial charge in [0.25, 0.3) is 5.69 Å². The Morgan fingerprint density at radius 3 is 2.82 bits per heavy atom. The predicted molar refractivity (Wildman–Crippen MR) is 84.4 cm³/mol. The Balaban J connectivity index is 1.96. The molecular weight excluding hydrogens is 322 g/mol. The second-order valence-corrected chi connectivity index (χ2v) is 6.74. The van der Waals surface area contributed by atoms with E-state index in [0.717, 1.165) is 17.3 Å². The van der Waals surface area contributed by atoms with Crippen LogP contribution in [0.15, 0.2) is 45.8 Å². The molecule has 6 nitrogen and oxygen atoms in total. The zero-order chi connectivity index (χ0) is 15.5. The summed E-state index contributed by atoms with van der Waals surface area (Å²) >= 11 is 2.43. The van der Waals surface area contributed by atoms with E-state index in [1.807, 2.05) is 24.3 Å². The molecule has 0 aliphatic rings. The second kappa shape index (κ2) is 6.20. The van der Waals surface area contributed by atoms with Gasteiger partial charge in [0.2, 0.25) is 0 Å². The second-order valence-electron chi connectivity index (χ2n) is 4.31. The van der Waals surface area contributed by atoms with E-state index in [1.165, 1.54) is 29.2 Å². The summed E-state index contributed by atoms with van der Waals surface area (Å²) in [6, 6.07) is 8.87. The summed E-state index contributed by atoms with van der Waals surface area (Å²) in [7, 11) is 0. The molecular formula is C14H9N3O3S2. The number of thiophene rings is 1. The maximum atomic E-state index is 11.1. The SMILES string of the molecule is O=CCc1cc([N+](=O)[O-])c(Sc2cnc3ccccc3n2)s1. The first kappa shape index (κ1) is 14.6. The Kier molecular flexibility index (Phi) is 4.12. The van der Waals surface area contributed by atoms with Crippen LogP contribution in [0, 0.1) is 10.1 Å². The number of aldehydes is 1. The van der Waals surface area contributed by atoms with Gasteiger partial charge in [-0.05, 0) is 12.1 Å². The number of carbonyl (C=O) groups is 1. The van der Waals surface area contributed by atoms with Crippen molar-refractivity contribution in [1.29, 1.82) is 0 Å². The fourth-order valence-corrected chi connectivity index (χ4v) is 4.10. The molecule has 22 heavy (non-hydrogen) atoms. The summed E-state index contributed by atoms with van der Waals surface area (Å²) in [6.07, 6.45) is 2.51. The number of benzene rings is 1. The Labute approximate surface area is 133 Å². The van der Waals surface area contributed by atoms with E-state index < -0.39 is 4.92 Å². The highest BCUT2D eigenvalue weighted by Gasteiger charge is 2.20. The van der Waals surface area contributed by atoms with Crippen LogP contribution >= 0.6 is 23.1 Å². The van der Waals surface area contributed by atoms with Crippen LogP contribution in [-0.4, -0.2) is 21.2 Å². The number of fused-ring (bicyclic) bond motifs is 1. The van der Waals surface area contributed by atoms with Crippen molar-refractivity contribution in [2.24, 2.45) is 0 Å². The number of hydrogen-bond acceptors (Lipinski definition) is 7. The van der Waals surface area contributed by atoms with Gasteiger partial charge in [-0.25, -0.2) is 4.98 Å². The van der Waals surface area contributed by atoms with E-state index in [9.17, 15) is 14.9 Å². The Morgan fingerprint density at radius 2 is 2.09 bits per heavy atom. The topological polar surface area (TPSA) is 86.0 Å². The molecule has 0 amide bonds. The summed E-state index contributed by atoms with van der Waals surface area (Å²) in [5.74, 6) is 0. The van der Waals surface area contributed by atoms with Crippen molar-refractivity contribution in [3.63, 3.8) is 0 Å². The van der Waals surface area contributed by atoms with E-state index in [1.54, 1.807) is 6.20 Å². The van der Waals surface area contributed by atoms with Crippen LogP contribution in [0.5, 0.6) is 0 Å². The van der Waals surface area contributed by atoms with Crippen LogP contribution in [0.3, 0.4) is 0 Å². The minimum Gasteiger partial charge on any atom is -0.303 e. The normalized spacial score (nSPS) is 10.7. The van der Waals surface area contributed by atoms with Gasteiger partial charge in [0.05, 0.1) is 22.2 Å². The minimum atomic E-state index is -0.443. The summed E-state index contributed by atoms with van der Waals surface area (Å²) in [4.78, 5) is 30.6. The number of nitro groups is 1. The highest BCUT2D eigenvalue weighted by atomic mass is 32.2. The number of nitrogens with zero attached hydrogens (tertiary/aromatic N) is 3. The molecule has 0 unspecified atom stereocenters. The van der Waals surface area contributed by atoms with Crippen LogP contribution in [0.25, 0.3) is 11.0 Å². The van der Waals surface area contributed by atoms with Crippen LogP contribution in [-0.2, 0) is 11.2 Å². The van der Waals surface area contributed by atoms with Gasteiger partial charge < -0.3 is 4.79 Å². The lowest BCUT2D eigenvalue weighted by Crippen LogP contribution is -1.88. The first-order chi connectivity index (χ1) is 10.7. The number of carbonyl (C=O) groups excluding carboxylic acids is 1. The van der Waals surface area contributed by atoms with Crippen molar-refractivity contribution in [1.82, 2.24) is 9.97 Å². The number of aromatic nitrogens is 2. The standard InChI is InChI=1S/C14H9N3O3S2/c18-6-5-9-7-12(17(19)20)14(21-9)22-13-8-15-10-3-1-2-4-11(10)16-13/h1-4,6-8H,5H2. The Bertz CT molecular complexity index is 863. The van der Waals surface area contributed by atoms with Gasteiger partial charge in [-0.2, -0.15) is 0 Å². The van der Waals surface area contributed by atoms with E-state index >= 15 is 0 Å². The first-order valence-corrected chi connectivity index (χ1v) is 7.91. The largest absolute Gasteiger partial charge is 0.303 e.